The van der Waals surface area contributed by atoms with Crippen LogP contribution in [0.1, 0.15) is 34.6 Å². The average molecular weight is 384 g/mol. The quantitative estimate of drug-likeness (QED) is 0.400. The van der Waals surface area contributed by atoms with Crippen molar-refractivity contribution in [3.05, 3.63) is 72.8 Å². The van der Waals surface area contributed by atoms with Crippen molar-refractivity contribution in [1.82, 2.24) is 0 Å². The van der Waals surface area contributed by atoms with Crippen LogP contribution in [0.2, 0.25) is 0 Å². The molecule has 0 bridgehead atoms. The second-order valence-electron chi connectivity index (χ2n) is 5.68. The van der Waals surface area contributed by atoms with Gasteiger partial charge < -0.3 is 19.7 Å². The maximum atomic E-state index is 11.3. The van der Waals surface area contributed by atoms with Gasteiger partial charge in [-0.3, -0.25) is 9.59 Å². The minimum atomic E-state index is -0.266. The molecule has 28 heavy (non-hydrogen) atoms. The summed E-state index contributed by atoms with van der Waals surface area (Å²) in [6.07, 6.45) is 3.29. The number of aromatic hydroxyl groups is 2. The van der Waals surface area contributed by atoms with Crippen molar-refractivity contribution in [3.8, 4) is 23.0 Å². The van der Waals surface area contributed by atoms with Crippen LogP contribution in [-0.4, -0.2) is 35.0 Å². The molecule has 0 aromatic heterocycles. The van der Waals surface area contributed by atoms with Crippen LogP contribution in [0.3, 0.4) is 0 Å². The van der Waals surface area contributed by atoms with E-state index in [1.807, 2.05) is 0 Å². The fourth-order valence-electron chi connectivity index (χ4n) is 2.00. The molecule has 0 aliphatic heterocycles. The van der Waals surface area contributed by atoms with Gasteiger partial charge in [0.25, 0.3) is 0 Å². The largest absolute Gasteiger partial charge is 0.504 e. The summed E-state index contributed by atoms with van der Waals surface area (Å²) >= 11 is 0. The van der Waals surface area contributed by atoms with Gasteiger partial charge in [-0.15, -0.1) is 0 Å². The number of phenols is 2. The molecule has 6 nitrogen and oxygen atoms in total. The third-order valence-corrected chi connectivity index (χ3v) is 3.45. The summed E-state index contributed by atoms with van der Waals surface area (Å²) in [5.74, 6) is 0.507. The average Bonchev–Trinajstić information content (AvgIpc) is 2.67. The second-order valence-corrected chi connectivity index (χ2v) is 5.68. The number of carbonyl (C=O) groups is 2. The Kier molecular flexibility index (Phi) is 9.03. The van der Waals surface area contributed by atoms with Crippen molar-refractivity contribution < 1.29 is 29.3 Å². The molecule has 2 aromatic carbocycles. The Balaban J connectivity index is 0.000000307. The molecular weight excluding hydrogens is 360 g/mol. The van der Waals surface area contributed by atoms with E-state index in [-0.39, 0.29) is 23.1 Å². The molecule has 0 fully saturated rings. The summed E-state index contributed by atoms with van der Waals surface area (Å²) < 4.78 is 10.9. The van der Waals surface area contributed by atoms with Gasteiger partial charge >= 0.3 is 0 Å². The third kappa shape index (κ3) is 6.99. The normalized spacial score (nSPS) is 9.50. The minimum Gasteiger partial charge on any atom is -0.504 e. The molecule has 0 unspecified atom stereocenters. The molecular formula is C22H24O6. The molecule has 0 saturated carbocycles. The van der Waals surface area contributed by atoms with E-state index in [1.165, 1.54) is 32.0 Å². The molecule has 0 aliphatic carbocycles. The Morgan fingerprint density at radius 3 is 1.82 bits per heavy atom. The predicted molar refractivity (Wildman–Crippen MR) is 108 cm³/mol. The summed E-state index contributed by atoms with van der Waals surface area (Å²) in [4.78, 5) is 22.0. The fraction of sp³-hybridized carbons (Fsp3) is 0.182. The van der Waals surface area contributed by atoms with Crippen LogP contribution < -0.4 is 9.47 Å². The summed E-state index contributed by atoms with van der Waals surface area (Å²) in [5, 5.41) is 17.8. The van der Waals surface area contributed by atoms with Crippen LogP contribution in [-0.2, 0) is 0 Å². The first-order valence-electron chi connectivity index (χ1n) is 8.45. The fourth-order valence-corrected chi connectivity index (χ4v) is 2.00. The number of hydrogen-bond donors (Lipinski definition) is 2. The van der Waals surface area contributed by atoms with E-state index in [2.05, 4.69) is 13.2 Å². The molecule has 0 saturated heterocycles. The Morgan fingerprint density at radius 1 is 0.821 bits per heavy atom. The summed E-state index contributed by atoms with van der Waals surface area (Å²) in [7, 11) is 0. The van der Waals surface area contributed by atoms with E-state index < -0.39 is 0 Å². The summed E-state index contributed by atoms with van der Waals surface area (Å²) in [6.45, 7) is 10.8. The van der Waals surface area contributed by atoms with E-state index in [1.54, 1.807) is 30.4 Å². The number of phenolic OH excluding ortho intramolecular Hbond substituents is 2. The Hall–Kier alpha value is -3.54. The molecule has 0 radical (unpaired) electrons. The highest BCUT2D eigenvalue weighted by molar-refractivity contribution is 5.95. The minimum absolute atomic E-state index is 0.0104. The van der Waals surface area contributed by atoms with E-state index in [0.29, 0.717) is 35.8 Å². The number of carbonyl (C=O) groups excluding carboxylic acids is 2. The highest BCUT2D eigenvalue weighted by Gasteiger charge is 2.08. The molecule has 2 aromatic rings. The first kappa shape index (κ1) is 22.5. The summed E-state index contributed by atoms with van der Waals surface area (Å²) in [6, 6.07) is 9.07. The SMILES string of the molecule is C=CCOc1ccc(C(C)=O)cc1OCC=C.CC(=O)c1ccc(O)c(O)c1. The first-order valence-corrected chi connectivity index (χ1v) is 8.45. The van der Waals surface area contributed by atoms with Crippen molar-refractivity contribution in [1.29, 1.82) is 0 Å². The van der Waals surface area contributed by atoms with Crippen molar-refractivity contribution >= 4 is 11.6 Å². The molecule has 2 N–H and O–H groups in total. The van der Waals surface area contributed by atoms with Crippen LogP contribution in [0.25, 0.3) is 0 Å². The predicted octanol–water partition coefficient (Wildman–Crippen LogP) is 4.32. The van der Waals surface area contributed by atoms with Gasteiger partial charge in [0.15, 0.2) is 34.6 Å². The van der Waals surface area contributed by atoms with Crippen LogP contribution in [0.15, 0.2) is 61.7 Å². The molecule has 0 aliphatic rings. The van der Waals surface area contributed by atoms with Gasteiger partial charge in [-0.1, -0.05) is 25.3 Å². The van der Waals surface area contributed by atoms with Crippen LogP contribution in [0.4, 0.5) is 0 Å². The Morgan fingerprint density at radius 2 is 1.32 bits per heavy atom. The monoisotopic (exact) mass is 384 g/mol. The molecule has 0 heterocycles. The molecule has 6 heteroatoms. The van der Waals surface area contributed by atoms with Gasteiger partial charge in [0, 0.05) is 11.1 Å². The lowest BCUT2D eigenvalue weighted by Gasteiger charge is -2.11. The summed E-state index contributed by atoms with van der Waals surface area (Å²) in [5.41, 5.74) is 0.982. The number of ketones is 2. The third-order valence-electron chi connectivity index (χ3n) is 3.45. The van der Waals surface area contributed by atoms with E-state index >= 15 is 0 Å². The highest BCUT2D eigenvalue weighted by Crippen LogP contribution is 2.28. The van der Waals surface area contributed by atoms with Gasteiger partial charge in [0.1, 0.15) is 13.2 Å². The van der Waals surface area contributed by atoms with Gasteiger partial charge in [-0.2, -0.15) is 0 Å². The number of rotatable bonds is 8. The Labute approximate surface area is 164 Å². The lowest BCUT2D eigenvalue weighted by atomic mass is 10.1. The lowest BCUT2D eigenvalue weighted by Crippen LogP contribution is -2.01. The first-order chi connectivity index (χ1) is 13.3. The number of Topliss-reactive ketones (excluding diaryl/α,β-unsaturated/α-hetero) is 2. The number of hydrogen-bond acceptors (Lipinski definition) is 6. The standard InChI is InChI=1S/C14H16O3.C8H8O3/c1-4-8-16-13-7-6-12(11(3)15)10-14(13)17-9-5-2;1-5(9)6-2-3-7(10)8(11)4-6/h4-7,10H,1-2,8-9H2,3H3;2-4,10-11H,1H3. The van der Waals surface area contributed by atoms with Crippen molar-refractivity contribution in [2.75, 3.05) is 13.2 Å². The zero-order valence-corrected chi connectivity index (χ0v) is 16.0. The van der Waals surface area contributed by atoms with Gasteiger partial charge in [0.2, 0.25) is 0 Å². The lowest BCUT2D eigenvalue weighted by molar-refractivity contribution is 0.100. The molecule has 0 amide bonds. The van der Waals surface area contributed by atoms with Crippen LogP contribution in [0, 0.1) is 0 Å². The molecule has 148 valence electrons. The molecule has 0 spiro atoms. The Bertz CT molecular complexity index is 854. The van der Waals surface area contributed by atoms with Crippen molar-refractivity contribution in [2.45, 2.75) is 13.8 Å². The molecule has 0 atom stereocenters. The van der Waals surface area contributed by atoms with Gasteiger partial charge in [-0.05, 0) is 50.2 Å². The molecule has 2 rings (SSSR count). The van der Waals surface area contributed by atoms with E-state index in [9.17, 15) is 9.59 Å². The van der Waals surface area contributed by atoms with Gasteiger partial charge in [0.05, 0.1) is 0 Å². The smallest absolute Gasteiger partial charge is 0.162 e. The highest BCUT2D eigenvalue weighted by atomic mass is 16.5. The van der Waals surface area contributed by atoms with Crippen LogP contribution in [0.5, 0.6) is 23.0 Å². The second kappa shape index (κ2) is 11.2. The van der Waals surface area contributed by atoms with E-state index in [4.69, 9.17) is 19.7 Å². The maximum absolute atomic E-state index is 11.3. The van der Waals surface area contributed by atoms with Crippen molar-refractivity contribution in [3.63, 3.8) is 0 Å². The van der Waals surface area contributed by atoms with Gasteiger partial charge in [-0.25, -0.2) is 0 Å². The number of benzene rings is 2. The zero-order valence-electron chi connectivity index (χ0n) is 16.0. The topological polar surface area (TPSA) is 93.1 Å². The van der Waals surface area contributed by atoms with E-state index in [0.717, 1.165) is 0 Å². The van der Waals surface area contributed by atoms with Crippen LogP contribution >= 0.6 is 0 Å². The zero-order chi connectivity index (χ0) is 21.1. The van der Waals surface area contributed by atoms with Crippen molar-refractivity contribution in [2.24, 2.45) is 0 Å². The number of ether oxygens (including phenoxy) is 2. The maximum Gasteiger partial charge on any atom is 0.162 e.